The number of fused-ring (bicyclic) bond motifs is 1. The number of hydrogen-bond donors (Lipinski definition) is 2. The molecule has 1 aliphatic carbocycles. The van der Waals surface area contributed by atoms with E-state index in [4.69, 9.17) is 4.42 Å². The van der Waals surface area contributed by atoms with Crippen LogP contribution in [0.25, 0.3) is 11.0 Å². The van der Waals surface area contributed by atoms with Crippen LogP contribution in [0.3, 0.4) is 0 Å². The molecule has 2 N–H and O–H groups in total. The zero-order chi connectivity index (χ0) is 18.8. The summed E-state index contributed by atoms with van der Waals surface area (Å²) in [5.41, 5.74) is 3.95. The Bertz CT molecular complexity index is 1050. The molecule has 0 spiro atoms. The number of rotatable bonds is 6. The summed E-state index contributed by atoms with van der Waals surface area (Å²) < 4.78 is 5.36. The van der Waals surface area contributed by atoms with Crippen molar-refractivity contribution in [3.63, 3.8) is 0 Å². The Hall–Kier alpha value is -3.08. The fraction of sp³-hybridized carbons (Fsp3) is 0.273. The lowest BCUT2D eigenvalue weighted by atomic mass is 10.1. The molecule has 5 heteroatoms. The van der Waals surface area contributed by atoms with Crippen molar-refractivity contribution in [3.8, 4) is 0 Å². The standard InChI is InChI=1S/C22H22N2O3/c1-2-14-6-9-19-16(11-21(25)27-20(19)10-14)13-23-17-4-3-5-18(12-17)24-22(26)15-7-8-15/h3-6,9-12,15,23H,2,7-8,13H2,1H3,(H,24,26). The maximum absolute atomic E-state index is 11.9. The molecule has 4 rings (SSSR count). The Labute approximate surface area is 157 Å². The van der Waals surface area contributed by atoms with Crippen molar-refractivity contribution >= 4 is 28.3 Å². The Balaban J connectivity index is 1.53. The molecule has 1 heterocycles. The van der Waals surface area contributed by atoms with Gasteiger partial charge in [-0.1, -0.05) is 25.1 Å². The third-order valence-electron chi connectivity index (χ3n) is 4.86. The second-order valence-corrected chi connectivity index (χ2v) is 6.97. The zero-order valence-electron chi connectivity index (χ0n) is 15.2. The molecule has 0 saturated heterocycles. The molecule has 3 aromatic rings. The number of aryl methyl sites for hydroxylation is 1. The summed E-state index contributed by atoms with van der Waals surface area (Å²) in [6.07, 6.45) is 2.85. The van der Waals surface area contributed by atoms with E-state index in [-0.39, 0.29) is 17.5 Å². The molecule has 2 aromatic carbocycles. The molecule has 0 radical (unpaired) electrons. The second-order valence-electron chi connectivity index (χ2n) is 6.97. The molecule has 1 fully saturated rings. The highest BCUT2D eigenvalue weighted by atomic mass is 16.4. The maximum Gasteiger partial charge on any atom is 0.336 e. The van der Waals surface area contributed by atoms with Gasteiger partial charge >= 0.3 is 5.63 Å². The monoisotopic (exact) mass is 362 g/mol. The summed E-state index contributed by atoms with van der Waals surface area (Å²) in [7, 11) is 0. The molecule has 0 unspecified atom stereocenters. The summed E-state index contributed by atoms with van der Waals surface area (Å²) in [6.45, 7) is 2.56. The molecule has 0 aliphatic heterocycles. The van der Waals surface area contributed by atoms with Crippen LogP contribution in [0, 0.1) is 5.92 Å². The number of amides is 1. The molecule has 0 atom stereocenters. The van der Waals surface area contributed by atoms with Gasteiger partial charge in [0.2, 0.25) is 5.91 Å². The van der Waals surface area contributed by atoms with Crippen molar-refractivity contribution in [3.05, 3.63) is 70.1 Å². The maximum atomic E-state index is 11.9. The van der Waals surface area contributed by atoms with Gasteiger partial charge in [-0.25, -0.2) is 4.79 Å². The van der Waals surface area contributed by atoms with Crippen molar-refractivity contribution < 1.29 is 9.21 Å². The van der Waals surface area contributed by atoms with Crippen LogP contribution in [0.15, 0.2) is 57.7 Å². The first kappa shape index (κ1) is 17.3. The first-order valence-corrected chi connectivity index (χ1v) is 9.33. The summed E-state index contributed by atoms with van der Waals surface area (Å²) in [5, 5.41) is 7.21. The normalized spacial score (nSPS) is 13.5. The van der Waals surface area contributed by atoms with E-state index >= 15 is 0 Å². The summed E-state index contributed by atoms with van der Waals surface area (Å²) in [4.78, 5) is 23.8. The van der Waals surface area contributed by atoms with Crippen molar-refractivity contribution in [1.29, 1.82) is 0 Å². The van der Waals surface area contributed by atoms with E-state index in [0.717, 1.165) is 47.2 Å². The molecule has 1 aliphatic rings. The Morgan fingerprint density at radius 1 is 1.11 bits per heavy atom. The molecule has 0 bridgehead atoms. The number of nitrogens with one attached hydrogen (secondary N) is 2. The minimum absolute atomic E-state index is 0.0885. The average Bonchev–Trinajstić information content (AvgIpc) is 3.51. The Morgan fingerprint density at radius 2 is 1.93 bits per heavy atom. The van der Waals surface area contributed by atoms with E-state index < -0.39 is 0 Å². The van der Waals surface area contributed by atoms with Gasteiger partial charge < -0.3 is 15.1 Å². The fourth-order valence-electron chi connectivity index (χ4n) is 3.13. The Kier molecular flexibility index (Phi) is 4.67. The van der Waals surface area contributed by atoms with Crippen LogP contribution in [-0.2, 0) is 17.8 Å². The third kappa shape index (κ3) is 4.03. The van der Waals surface area contributed by atoms with Crippen molar-refractivity contribution in [2.45, 2.75) is 32.7 Å². The number of benzene rings is 2. The van der Waals surface area contributed by atoms with Gasteiger partial charge in [-0.3, -0.25) is 4.79 Å². The highest BCUT2D eigenvalue weighted by Crippen LogP contribution is 2.30. The van der Waals surface area contributed by atoms with Crippen LogP contribution < -0.4 is 16.3 Å². The predicted molar refractivity (Wildman–Crippen MR) is 107 cm³/mol. The zero-order valence-corrected chi connectivity index (χ0v) is 15.2. The lowest BCUT2D eigenvalue weighted by Gasteiger charge is -2.11. The van der Waals surface area contributed by atoms with Gasteiger partial charge in [-0.15, -0.1) is 0 Å². The van der Waals surface area contributed by atoms with E-state index in [0.29, 0.717) is 12.1 Å². The Morgan fingerprint density at radius 3 is 2.70 bits per heavy atom. The molecule has 1 amide bonds. The quantitative estimate of drug-likeness (QED) is 0.641. The summed E-state index contributed by atoms with van der Waals surface area (Å²) >= 11 is 0. The van der Waals surface area contributed by atoms with Gasteiger partial charge in [-0.2, -0.15) is 0 Å². The highest BCUT2D eigenvalue weighted by Gasteiger charge is 2.29. The van der Waals surface area contributed by atoms with Gasteiger partial charge in [0.1, 0.15) is 5.58 Å². The smallest absolute Gasteiger partial charge is 0.336 e. The van der Waals surface area contributed by atoms with Crippen molar-refractivity contribution in [1.82, 2.24) is 0 Å². The van der Waals surface area contributed by atoms with Gasteiger partial charge in [0.05, 0.1) is 0 Å². The summed E-state index contributed by atoms with van der Waals surface area (Å²) in [5.74, 6) is 0.259. The van der Waals surface area contributed by atoms with Crippen LogP contribution in [-0.4, -0.2) is 5.91 Å². The number of anilines is 2. The largest absolute Gasteiger partial charge is 0.423 e. The van der Waals surface area contributed by atoms with E-state index in [1.54, 1.807) is 0 Å². The predicted octanol–water partition coefficient (Wildman–Crippen LogP) is 4.32. The second kappa shape index (κ2) is 7.27. The molecule has 27 heavy (non-hydrogen) atoms. The fourth-order valence-corrected chi connectivity index (χ4v) is 3.13. The number of hydrogen-bond acceptors (Lipinski definition) is 4. The molecular weight excluding hydrogens is 340 g/mol. The van der Waals surface area contributed by atoms with Crippen molar-refractivity contribution in [2.75, 3.05) is 10.6 Å². The third-order valence-corrected chi connectivity index (χ3v) is 4.86. The molecule has 1 saturated carbocycles. The van der Waals surface area contributed by atoms with Crippen molar-refractivity contribution in [2.24, 2.45) is 5.92 Å². The number of carbonyl (C=O) groups is 1. The van der Waals surface area contributed by atoms with E-state index in [9.17, 15) is 9.59 Å². The van der Waals surface area contributed by atoms with E-state index in [2.05, 4.69) is 23.6 Å². The molecular formula is C22H22N2O3. The first-order valence-electron chi connectivity index (χ1n) is 9.33. The molecule has 138 valence electrons. The average molecular weight is 362 g/mol. The summed E-state index contributed by atoms with van der Waals surface area (Å²) in [6, 6.07) is 15.1. The van der Waals surface area contributed by atoms with Crippen LogP contribution in [0.4, 0.5) is 11.4 Å². The van der Waals surface area contributed by atoms with E-state index in [1.165, 1.54) is 6.07 Å². The highest BCUT2D eigenvalue weighted by molar-refractivity contribution is 5.94. The lowest BCUT2D eigenvalue weighted by Crippen LogP contribution is -2.13. The topological polar surface area (TPSA) is 71.3 Å². The minimum Gasteiger partial charge on any atom is -0.423 e. The van der Waals surface area contributed by atoms with E-state index in [1.807, 2.05) is 36.4 Å². The van der Waals surface area contributed by atoms with Gasteiger partial charge in [0, 0.05) is 35.3 Å². The van der Waals surface area contributed by atoms with Crippen LogP contribution >= 0.6 is 0 Å². The number of carbonyl (C=O) groups excluding carboxylic acids is 1. The van der Waals surface area contributed by atoms with Gasteiger partial charge in [-0.05, 0) is 54.7 Å². The van der Waals surface area contributed by atoms with Crippen LogP contribution in [0.5, 0.6) is 0 Å². The molecule has 1 aromatic heterocycles. The van der Waals surface area contributed by atoms with Crippen LogP contribution in [0.1, 0.15) is 30.9 Å². The SMILES string of the molecule is CCc1ccc2c(CNc3cccc(NC(=O)C4CC4)c3)cc(=O)oc2c1. The minimum atomic E-state index is -0.349. The van der Waals surface area contributed by atoms with Crippen LogP contribution in [0.2, 0.25) is 0 Å². The van der Waals surface area contributed by atoms with Gasteiger partial charge in [0.15, 0.2) is 0 Å². The first-order chi connectivity index (χ1) is 13.1. The van der Waals surface area contributed by atoms with Gasteiger partial charge in [0.25, 0.3) is 0 Å². The lowest BCUT2D eigenvalue weighted by molar-refractivity contribution is -0.117. The molecule has 5 nitrogen and oxygen atoms in total.